The first-order valence-corrected chi connectivity index (χ1v) is 6.25. The Morgan fingerprint density at radius 3 is 2.84 bits per heavy atom. The number of aryl methyl sites for hydroxylation is 1. The maximum Gasteiger partial charge on any atom is 0.284 e. The summed E-state index contributed by atoms with van der Waals surface area (Å²) in [5, 5.41) is 12.4. The summed E-state index contributed by atoms with van der Waals surface area (Å²) in [6.45, 7) is 0.828. The molecule has 4 rings (SSSR count). The van der Waals surface area contributed by atoms with Crippen molar-refractivity contribution in [1.82, 2.24) is 24.8 Å². The highest BCUT2D eigenvalue weighted by atomic mass is 16.1. The van der Waals surface area contributed by atoms with Crippen LogP contribution in [0.3, 0.4) is 0 Å². The van der Waals surface area contributed by atoms with Crippen molar-refractivity contribution in [2.75, 3.05) is 0 Å². The van der Waals surface area contributed by atoms with Crippen LogP contribution in [0.2, 0.25) is 0 Å². The lowest BCUT2D eigenvalue weighted by molar-refractivity contribution is 0.594. The van der Waals surface area contributed by atoms with Gasteiger partial charge in [0.25, 0.3) is 5.56 Å². The monoisotopic (exact) mass is 253 g/mol. The highest BCUT2D eigenvalue weighted by molar-refractivity contribution is 5.59. The van der Waals surface area contributed by atoms with E-state index in [1.165, 1.54) is 4.68 Å². The number of hydrogen-bond donors (Lipinski definition) is 0. The predicted octanol–water partition coefficient (Wildman–Crippen LogP) is 0.875. The fourth-order valence-electron chi connectivity index (χ4n) is 2.57. The molecule has 19 heavy (non-hydrogen) atoms. The van der Waals surface area contributed by atoms with E-state index in [1.807, 2.05) is 30.3 Å². The van der Waals surface area contributed by atoms with Crippen molar-refractivity contribution in [3.63, 3.8) is 0 Å². The Bertz CT molecular complexity index is 774. The normalized spacial score (nSPS) is 13.9. The third kappa shape index (κ3) is 1.43. The van der Waals surface area contributed by atoms with Gasteiger partial charge in [0.1, 0.15) is 5.56 Å². The zero-order valence-electron chi connectivity index (χ0n) is 10.2. The summed E-state index contributed by atoms with van der Waals surface area (Å²) >= 11 is 0. The topological polar surface area (TPSA) is 65.6 Å². The summed E-state index contributed by atoms with van der Waals surface area (Å²) in [4.78, 5) is 12.5. The summed E-state index contributed by atoms with van der Waals surface area (Å²) in [6, 6.07) is 9.38. The van der Waals surface area contributed by atoms with E-state index in [-0.39, 0.29) is 5.56 Å². The SMILES string of the molecule is O=c1c2c3n(nnc-2nn1-c1ccccc1)CCC3. The van der Waals surface area contributed by atoms with Crippen LogP contribution in [0, 0.1) is 0 Å². The van der Waals surface area contributed by atoms with Crippen molar-refractivity contribution in [3.8, 4) is 17.1 Å². The van der Waals surface area contributed by atoms with E-state index in [0.29, 0.717) is 11.4 Å². The number of para-hydroxylation sites is 1. The zero-order chi connectivity index (χ0) is 12.8. The van der Waals surface area contributed by atoms with Gasteiger partial charge in [-0.2, -0.15) is 4.68 Å². The van der Waals surface area contributed by atoms with Crippen molar-refractivity contribution in [3.05, 3.63) is 46.4 Å². The van der Waals surface area contributed by atoms with Crippen LogP contribution >= 0.6 is 0 Å². The third-order valence-corrected chi connectivity index (χ3v) is 3.46. The largest absolute Gasteiger partial charge is 0.284 e. The molecule has 0 N–H and O–H groups in total. The maximum atomic E-state index is 12.5. The second kappa shape index (κ2) is 3.74. The lowest BCUT2D eigenvalue weighted by atomic mass is 10.2. The first-order chi connectivity index (χ1) is 9.34. The van der Waals surface area contributed by atoms with Gasteiger partial charge >= 0.3 is 0 Å². The van der Waals surface area contributed by atoms with Gasteiger partial charge in [0.05, 0.1) is 11.4 Å². The molecule has 6 nitrogen and oxygen atoms in total. The van der Waals surface area contributed by atoms with Crippen LogP contribution in [0.15, 0.2) is 35.1 Å². The molecular formula is C13H11N5O. The van der Waals surface area contributed by atoms with Crippen molar-refractivity contribution in [1.29, 1.82) is 0 Å². The summed E-state index contributed by atoms with van der Waals surface area (Å²) < 4.78 is 3.21. The number of rotatable bonds is 1. The standard InChI is InChI=1S/C13H11N5O/c19-13-11-10-7-4-8-17(10)16-14-12(11)15-18(13)9-5-2-1-3-6-9/h1-3,5-6H,4,7-8H2. The van der Waals surface area contributed by atoms with Gasteiger partial charge in [-0.25, -0.2) is 0 Å². The molecule has 3 aliphatic heterocycles. The summed E-state index contributed by atoms with van der Waals surface area (Å²) in [5.41, 5.74) is 2.21. The molecule has 0 unspecified atom stereocenters. The van der Waals surface area contributed by atoms with Crippen LogP contribution in [0.1, 0.15) is 12.1 Å². The number of hydrogen-bond acceptors (Lipinski definition) is 4. The minimum Gasteiger partial charge on any atom is -0.266 e. The van der Waals surface area contributed by atoms with Crippen molar-refractivity contribution >= 4 is 0 Å². The Morgan fingerprint density at radius 2 is 2.00 bits per heavy atom. The second-order valence-electron chi connectivity index (χ2n) is 4.61. The van der Waals surface area contributed by atoms with Gasteiger partial charge in [-0.3, -0.25) is 9.48 Å². The minimum absolute atomic E-state index is 0.109. The molecule has 0 spiro atoms. The highest BCUT2D eigenvalue weighted by Crippen LogP contribution is 2.23. The average Bonchev–Trinajstić information content (AvgIpc) is 3.04. The molecule has 0 bridgehead atoms. The molecule has 6 heteroatoms. The molecule has 1 aromatic rings. The number of nitrogens with zero attached hydrogens (tertiary/aromatic N) is 5. The van der Waals surface area contributed by atoms with Gasteiger partial charge in [-0.1, -0.05) is 23.4 Å². The fraction of sp³-hybridized carbons (Fsp3) is 0.231. The summed E-state index contributed by atoms with van der Waals surface area (Å²) in [5.74, 6) is 0.432. The van der Waals surface area contributed by atoms with E-state index >= 15 is 0 Å². The number of aromatic nitrogens is 5. The lowest BCUT2D eigenvalue weighted by Crippen LogP contribution is -2.17. The Hall–Kier alpha value is -2.50. The van der Waals surface area contributed by atoms with Gasteiger partial charge in [-0.15, -0.1) is 10.2 Å². The summed E-state index contributed by atoms with van der Waals surface area (Å²) in [6.07, 6.45) is 1.87. The average molecular weight is 253 g/mol. The van der Waals surface area contributed by atoms with Crippen LogP contribution in [-0.4, -0.2) is 24.8 Å². The molecule has 0 atom stereocenters. The van der Waals surface area contributed by atoms with Gasteiger partial charge in [0, 0.05) is 6.54 Å². The van der Waals surface area contributed by atoms with Gasteiger partial charge in [0.2, 0.25) is 5.82 Å². The molecule has 0 aromatic heterocycles. The first-order valence-electron chi connectivity index (χ1n) is 6.25. The van der Waals surface area contributed by atoms with Crippen LogP contribution in [0.25, 0.3) is 17.1 Å². The molecule has 0 saturated heterocycles. The molecule has 3 aliphatic rings. The highest BCUT2D eigenvalue weighted by Gasteiger charge is 2.26. The van der Waals surface area contributed by atoms with Crippen molar-refractivity contribution in [2.24, 2.45) is 0 Å². The molecule has 0 saturated carbocycles. The van der Waals surface area contributed by atoms with E-state index in [9.17, 15) is 4.79 Å². The molecule has 0 fully saturated rings. The van der Waals surface area contributed by atoms with Crippen LogP contribution in [0.5, 0.6) is 0 Å². The van der Waals surface area contributed by atoms with Crippen molar-refractivity contribution < 1.29 is 0 Å². The maximum absolute atomic E-state index is 12.5. The summed E-state index contributed by atoms with van der Waals surface area (Å²) in [7, 11) is 0. The lowest BCUT2D eigenvalue weighted by Gasteiger charge is -2.02. The van der Waals surface area contributed by atoms with Gasteiger partial charge in [-0.05, 0) is 25.0 Å². The molecule has 94 valence electrons. The van der Waals surface area contributed by atoms with E-state index < -0.39 is 0 Å². The zero-order valence-corrected chi connectivity index (χ0v) is 10.2. The molecule has 0 radical (unpaired) electrons. The number of benzene rings is 1. The van der Waals surface area contributed by atoms with Crippen LogP contribution in [-0.2, 0) is 13.0 Å². The van der Waals surface area contributed by atoms with Gasteiger partial charge in [0.15, 0.2) is 0 Å². The van der Waals surface area contributed by atoms with Crippen molar-refractivity contribution in [2.45, 2.75) is 19.4 Å². The smallest absolute Gasteiger partial charge is 0.266 e. The van der Waals surface area contributed by atoms with Crippen LogP contribution < -0.4 is 5.56 Å². The Labute approximate surface area is 108 Å². The van der Waals surface area contributed by atoms with Crippen LogP contribution in [0.4, 0.5) is 0 Å². The Balaban J connectivity index is 2.03. The van der Waals surface area contributed by atoms with E-state index in [4.69, 9.17) is 0 Å². The Kier molecular flexibility index (Phi) is 2.05. The van der Waals surface area contributed by atoms with E-state index in [0.717, 1.165) is 30.8 Å². The quantitative estimate of drug-likeness (QED) is 0.645. The van der Waals surface area contributed by atoms with E-state index in [1.54, 1.807) is 4.68 Å². The predicted molar refractivity (Wildman–Crippen MR) is 68.4 cm³/mol. The minimum atomic E-state index is -0.109. The fourth-order valence-corrected chi connectivity index (χ4v) is 2.57. The second-order valence-corrected chi connectivity index (χ2v) is 4.61. The molecule has 3 heterocycles. The third-order valence-electron chi connectivity index (χ3n) is 3.46. The Morgan fingerprint density at radius 1 is 1.16 bits per heavy atom. The molecule has 1 aromatic carbocycles. The molecule has 0 aliphatic carbocycles. The van der Waals surface area contributed by atoms with E-state index in [2.05, 4.69) is 15.4 Å². The molecular weight excluding hydrogens is 242 g/mol. The number of fused-ring (bicyclic) bond motifs is 3. The van der Waals surface area contributed by atoms with Gasteiger partial charge < -0.3 is 0 Å². The first kappa shape index (κ1) is 10.4. The molecule has 0 amide bonds.